The maximum absolute atomic E-state index is 13.4. The number of nitrogens with one attached hydrogen (secondary N) is 1. The van der Waals surface area contributed by atoms with Crippen LogP contribution in [0.1, 0.15) is 5.56 Å². The smallest absolute Gasteiger partial charge is 0.304 e. The lowest BCUT2D eigenvalue weighted by Gasteiger charge is -2.08. The third kappa shape index (κ3) is 1.93. The van der Waals surface area contributed by atoms with Crippen LogP contribution in [-0.4, -0.2) is 15.6 Å². The van der Waals surface area contributed by atoms with Crippen LogP contribution in [-0.2, 0) is 0 Å². The molecule has 1 N–H and O–H groups in total. The zero-order valence-electron chi connectivity index (χ0n) is 8.64. The van der Waals surface area contributed by atoms with Crippen molar-refractivity contribution in [1.82, 2.24) is 9.55 Å². The van der Waals surface area contributed by atoms with Gasteiger partial charge < -0.3 is 5.32 Å². The summed E-state index contributed by atoms with van der Waals surface area (Å²) >= 11 is 0. The first-order valence-electron chi connectivity index (χ1n) is 4.73. The highest BCUT2D eigenvalue weighted by molar-refractivity contribution is 5.91. The molecule has 0 bridgehead atoms. The van der Waals surface area contributed by atoms with Crippen molar-refractivity contribution in [2.24, 2.45) is 0 Å². The van der Waals surface area contributed by atoms with Gasteiger partial charge >= 0.3 is 6.03 Å². The van der Waals surface area contributed by atoms with E-state index in [9.17, 15) is 9.18 Å². The predicted molar refractivity (Wildman–Crippen MR) is 57.8 cm³/mol. The van der Waals surface area contributed by atoms with Crippen LogP contribution in [0.5, 0.6) is 0 Å². The average Bonchev–Trinajstić information content (AvgIpc) is 2.76. The quantitative estimate of drug-likeness (QED) is 0.800. The fraction of sp³-hybridized carbons (Fsp3) is 0.0909. The van der Waals surface area contributed by atoms with Gasteiger partial charge in [-0.3, -0.25) is 4.57 Å². The Morgan fingerprint density at radius 1 is 1.50 bits per heavy atom. The Balaban J connectivity index is 2.25. The first kappa shape index (κ1) is 10.4. The molecule has 2 rings (SSSR count). The van der Waals surface area contributed by atoms with E-state index in [1.165, 1.54) is 29.4 Å². The second-order valence-corrected chi connectivity index (χ2v) is 3.33. The van der Waals surface area contributed by atoms with Crippen molar-refractivity contribution >= 4 is 11.7 Å². The van der Waals surface area contributed by atoms with Crippen LogP contribution in [0.25, 0.3) is 0 Å². The molecule has 0 fully saturated rings. The zero-order valence-corrected chi connectivity index (χ0v) is 8.64. The summed E-state index contributed by atoms with van der Waals surface area (Å²) in [6.07, 6.45) is 4.32. The van der Waals surface area contributed by atoms with E-state index < -0.39 is 11.8 Å². The van der Waals surface area contributed by atoms with Crippen molar-refractivity contribution in [1.29, 1.82) is 0 Å². The summed E-state index contributed by atoms with van der Waals surface area (Å²) in [5.41, 5.74) is 0.870. The summed E-state index contributed by atoms with van der Waals surface area (Å²) in [6.45, 7) is 1.73. The van der Waals surface area contributed by atoms with Crippen LogP contribution in [0, 0.1) is 12.7 Å². The van der Waals surface area contributed by atoms with E-state index in [2.05, 4.69) is 10.3 Å². The van der Waals surface area contributed by atoms with Gasteiger partial charge in [-0.15, -0.1) is 0 Å². The molecule has 0 aliphatic rings. The molecule has 16 heavy (non-hydrogen) atoms. The molecule has 5 heteroatoms. The zero-order chi connectivity index (χ0) is 11.5. The van der Waals surface area contributed by atoms with Gasteiger partial charge in [0.2, 0.25) is 0 Å². The number of para-hydroxylation sites is 1. The first-order chi connectivity index (χ1) is 7.68. The number of hydrogen-bond acceptors (Lipinski definition) is 2. The number of benzene rings is 1. The summed E-state index contributed by atoms with van der Waals surface area (Å²) in [7, 11) is 0. The number of anilines is 1. The molecule has 0 aliphatic carbocycles. The molecule has 82 valence electrons. The molecular weight excluding hydrogens is 209 g/mol. The molecule has 0 spiro atoms. The van der Waals surface area contributed by atoms with E-state index in [-0.39, 0.29) is 5.69 Å². The number of aromatic nitrogens is 2. The highest BCUT2D eigenvalue weighted by atomic mass is 19.1. The summed E-state index contributed by atoms with van der Waals surface area (Å²) < 4.78 is 14.7. The monoisotopic (exact) mass is 219 g/mol. The Labute approximate surface area is 91.7 Å². The van der Waals surface area contributed by atoms with Gasteiger partial charge in [0.1, 0.15) is 12.1 Å². The lowest BCUT2D eigenvalue weighted by Crippen LogP contribution is -2.19. The molecule has 1 amide bonds. The molecule has 0 aliphatic heterocycles. The number of rotatable bonds is 1. The molecule has 1 aromatic carbocycles. The van der Waals surface area contributed by atoms with Crippen molar-refractivity contribution in [2.45, 2.75) is 6.92 Å². The van der Waals surface area contributed by atoms with Gasteiger partial charge in [0, 0.05) is 12.4 Å². The Morgan fingerprint density at radius 3 is 2.94 bits per heavy atom. The Morgan fingerprint density at radius 2 is 2.31 bits per heavy atom. The van der Waals surface area contributed by atoms with Crippen LogP contribution in [0.2, 0.25) is 0 Å². The molecule has 2 aromatic rings. The van der Waals surface area contributed by atoms with Crippen LogP contribution >= 0.6 is 0 Å². The second kappa shape index (κ2) is 4.14. The standard InChI is InChI=1S/C11H10FN3O/c1-8-3-2-4-9(12)10(8)14-11(16)15-6-5-13-7-15/h2-7H,1H3,(H,14,16). The number of amides is 1. The SMILES string of the molecule is Cc1cccc(F)c1NC(=O)n1ccnc1. The van der Waals surface area contributed by atoms with Gasteiger partial charge in [-0.25, -0.2) is 14.2 Å². The van der Waals surface area contributed by atoms with Crippen molar-refractivity contribution < 1.29 is 9.18 Å². The normalized spacial score (nSPS) is 10.1. The van der Waals surface area contributed by atoms with E-state index >= 15 is 0 Å². The van der Waals surface area contributed by atoms with Crippen molar-refractivity contribution in [2.75, 3.05) is 5.32 Å². The highest BCUT2D eigenvalue weighted by Gasteiger charge is 2.09. The fourth-order valence-corrected chi connectivity index (χ4v) is 1.34. The van der Waals surface area contributed by atoms with Crippen LogP contribution in [0.3, 0.4) is 0 Å². The molecule has 0 unspecified atom stereocenters. The minimum atomic E-state index is -0.450. The fourth-order valence-electron chi connectivity index (χ4n) is 1.34. The second-order valence-electron chi connectivity index (χ2n) is 3.33. The van der Waals surface area contributed by atoms with Gasteiger partial charge in [-0.05, 0) is 18.6 Å². The van der Waals surface area contributed by atoms with E-state index in [1.54, 1.807) is 19.1 Å². The Kier molecular flexibility index (Phi) is 2.68. The Hall–Kier alpha value is -2.17. The van der Waals surface area contributed by atoms with Crippen molar-refractivity contribution in [3.63, 3.8) is 0 Å². The summed E-state index contributed by atoms with van der Waals surface area (Å²) in [5.74, 6) is -0.450. The third-order valence-electron chi connectivity index (χ3n) is 2.19. The molecule has 0 radical (unpaired) electrons. The Bertz CT molecular complexity index is 488. The number of hydrogen-bond donors (Lipinski definition) is 1. The number of aryl methyl sites for hydroxylation is 1. The van der Waals surface area contributed by atoms with Gasteiger partial charge in [0.25, 0.3) is 0 Å². The molecular formula is C11H10FN3O. The van der Waals surface area contributed by atoms with Crippen LogP contribution in [0.15, 0.2) is 36.9 Å². The number of carbonyl (C=O) groups excluding carboxylic acids is 1. The number of carbonyl (C=O) groups is 1. The molecule has 1 aromatic heterocycles. The summed E-state index contributed by atoms with van der Waals surface area (Å²) in [5, 5.41) is 2.49. The topological polar surface area (TPSA) is 46.9 Å². The molecule has 0 saturated carbocycles. The van der Waals surface area contributed by atoms with Crippen molar-refractivity contribution in [3.8, 4) is 0 Å². The van der Waals surface area contributed by atoms with Crippen LogP contribution in [0.4, 0.5) is 14.9 Å². The lowest BCUT2D eigenvalue weighted by molar-refractivity contribution is 0.253. The van der Waals surface area contributed by atoms with Crippen LogP contribution < -0.4 is 5.32 Å². The van der Waals surface area contributed by atoms with E-state index in [4.69, 9.17) is 0 Å². The minimum absolute atomic E-state index is 0.196. The van der Waals surface area contributed by atoms with Gasteiger partial charge in [-0.2, -0.15) is 0 Å². The number of halogens is 1. The predicted octanol–water partition coefficient (Wildman–Crippen LogP) is 2.41. The van der Waals surface area contributed by atoms with E-state index in [1.807, 2.05) is 0 Å². The first-order valence-corrected chi connectivity index (χ1v) is 4.73. The maximum Gasteiger partial charge on any atom is 0.331 e. The maximum atomic E-state index is 13.4. The van der Waals surface area contributed by atoms with Crippen molar-refractivity contribution in [3.05, 3.63) is 48.3 Å². The van der Waals surface area contributed by atoms with Gasteiger partial charge in [-0.1, -0.05) is 12.1 Å². The largest absolute Gasteiger partial charge is 0.331 e. The lowest BCUT2D eigenvalue weighted by atomic mass is 10.2. The molecule has 0 saturated heterocycles. The molecule has 0 atom stereocenters. The molecule has 1 heterocycles. The summed E-state index contributed by atoms with van der Waals surface area (Å²) in [4.78, 5) is 15.4. The van der Waals surface area contributed by atoms with E-state index in [0.717, 1.165) is 0 Å². The average molecular weight is 219 g/mol. The number of imidazole rings is 1. The molecule has 4 nitrogen and oxygen atoms in total. The third-order valence-corrected chi connectivity index (χ3v) is 2.19. The van der Waals surface area contributed by atoms with Gasteiger partial charge in [0.15, 0.2) is 0 Å². The number of nitrogens with zero attached hydrogens (tertiary/aromatic N) is 2. The van der Waals surface area contributed by atoms with Gasteiger partial charge in [0.05, 0.1) is 5.69 Å². The summed E-state index contributed by atoms with van der Waals surface area (Å²) in [6, 6.07) is 4.19. The minimum Gasteiger partial charge on any atom is -0.304 e. The van der Waals surface area contributed by atoms with E-state index in [0.29, 0.717) is 5.56 Å². The highest BCUT2D eigenvalue weighted by Crippen LogP contribution is 2.18.